The summed E-state index contributed by atoms with van der Waals surface area (Å²) in [5.41, 5.74) is 1.48. The van der Waals surface area contributed by atoms with Crippen LogP contribution in [-0.4, -0.2) is 54.7 Å². The molecule has 1 aromatic rings. The van der Waals surface area contributed by atoms with E-state index in [1.54, 1.807) is 19.1 Å². The van der Waals surface area contributed by atoms with Gasteiger partial charge in [-0.05, 0) is 17.5 Å². The van der Waals surface area contributed by atoms with Crippen LogP contribution >= 0.6 is 0 Å². The molecule has 0 radical (unpaired) electrons. The normalized spacial score (nSPS) is 33.9. The van der Waals surface area contributed by atoms with Crippen molar-refractivity contribution in [2.75, 3.05) is 0 Å². The fourth-order valence-electron chi connectivity index (χ4n) is 4.96. The number of aromatic hydroxyl groups is 1. The molecular formula is C20H19NO8. The smallest absolute Gasteiger partial charge is 0.255 e. The number of amides is 1. The summed E-state index contributed by atoms with van der Waals surface area (Å²) in [5, 5.41) is 53.6. The molecule has 2 unspecified atom stereocenters. The van der Waals surface area contributed by atoms with E-state index >= 15 is 0 Å². The Morgan fingerprint density at radius 2 is 1.86 bits per heavy atom. The highest BCUT2D eigenvalue weighted by Crippen LogP contribution is 2.55. The zero-order valence-electron chi connectivity index (χ0n) is 15.3. The van der Waals surface area contributed by atoms with Gasteiger partial charge in [0.25, 0.3) is 5.91 Å². The van der Waals surface area contributed by atoms with Crippen molar-refractivity contribution in [3.8, 4) is 5.75 Å². The molecule has 0 spiro atoms. The van der Waals surface area contributed by atoms with Gasteiger partial charge in [-0.2, -0.15) is 0 Å². The molecule has 152 valence electrons. The third-order valence-corrected chi connectivity index (χ3v) is 6.37. The molecule has 3 aliphatic carbocycles. The number of hydrogen-bond donors (Lipinski definition) is 6. The Kier molecular flexibility index (Phi) is 3.91. The number of rotatable bonds is 1. The van der Waals surface area contributed by atoms with Gasteiger partial charge >= 0.3 is 0 Å². The second-order valence-corrected chi connectivity index (χ2v) is 7.73. The van der Waals surface area contributed by atoms with Crippen LogP contribution in [0.1, 0.15) is 30.4 Å². The van der Waals surface area contributed by atoms with E-state index in [1.165, 1.54) is 6.07 Å². The topological polar surface area (TPSA) is 178 Å². The Labute approximate surface area is 164 Å². The Hall–Kier alpha value is -3.17. The fourth-order valence-corrected chi connectivity index (χ4v) is 4.96. The van der Waals surface area contributed by atoms with Crippen LogP contribution in [0.25, 0.3) is 5.76 Å². The second-order valence-electron chi connectivity index (χ2n) is 7.73. The first kappa shape index (κ1) is 19.2. The van der Waals surface area contributed by atoms with E-state index in [9.17, 15) is 39.9 Å². The van der Waals surface area contributed by atoms with Crippen molar-refractivity contribution in [2.45, 2.75) is 31.0 Å². The summed E-state index contributed by atoms with van der Waals surface area (Å²) in [6.07, 6.45) is -2.10. The van der Waals surface area contributed by atoms with E-state index in [0.717, 1.165) is 0 Å². The minimum Gasteiger partial charge on any atom is -0.508 e. The highest BCUT2D eigenvalue weighted by Gasteiger charge is 2.64. The number of ketones is 2. The number of carbonyl (C=O) groups is 3. The molecule has 0 saturated heterocycles. The van der Waals surface area contributed by atoms with Gasteiger partial charge in [-0.15, -0.1) is 0 Å². The number of aliphatic hydroxyl groups is 4. The summed E-state index contributed by atoms with van der Waals surface area (Å²) in [4.78, 5) is 37.2. The van der Waals surface area contributed by atoms with E-state index in [4.69, 9.17) is 5.73 Å². The summed E-state index contributed by atoms with van der Waals surface area (Å²) < 4.78 is 0. The molecule has 3 aliphatic rings. The maximum Gasteiger partial charge on any atom is 0.255 e. The van der Waals surface area contributed by atoms with Gasteiger partial charge in [0, 0.05) is 23.8 Å². The van der Waals surface area contributed by atoms with Gasteiger partial charge in [0.15, 0.2) is 11.4 Å². The van der Waals surface area contributed by atoms with Crippen LogP contribution in [0.4, 0.5) is 0 Å². The maximum atomic E-state index is 13.3. The van der Waals surface area contributed by atoms with Gasteiger partial charge < -0.3 is 31.3 Å². The lowest BCUT2D eigenvalue weighted by molar-refractivity contribution is -0.160. The SMILES string of the molecule is C[C@@H]1c2cccc(O)c2C(O)=C2C(=O)[C@]3(O)C(O)=C(C(N)=O)C(=O)CC3[C@@H](O)C21. The van der Waals surface area contributed by atoms with Gasteiger partial charge in [0.2, 0.25) is 5.78 Å². The number of phenols is 1. The molecule has 9 nitrogen and oxygen atoms in total. The van der Waals surface area contributed by atoms with Crippen molar-refractivity contribution in [1.29, 1.82) is 0 Å². The van der Waals surface area contributed by atoms with Crippen molar-refractivity contribution in [1.82, 2.24) is 0 Å². The van der Waals surface area contributed by atoms with Gasteiger partial charge in [-0.25, -0.2) is 0 Å². The summed E-state index contributed by atoms with van der Waals surface area (Å²) >= 11 is 0. The standard InChI is InChI=1S/C20H19NO8/c1-6-7-3-2-4-9(22)12(7)16(25)14-11(6)15(24)8-5-10(23)13(19(21)28)17(26)20(8,29)18(14)27/h2-4,6,8,11,15,22,24-26,29H,5H2,1H3,(H2,21,28)/t6-,8?,11?,15-,20-/m1/s1. The molecule has 1 aromatic carbocycles. The molecule has 9 heteroatoms. The molecule has 29 heavy (non-hydrogen) atoms. The lowest BCUT2D eigenvalue weighted by Gasteiger charge is -2.50. The molecule has 0 aliphatic heterocycles. The van der Waals surface area contributed by atoms with E-state index in [2.05, 4.69) is 0 Å². The first-order valence-corrected chi connectivity index (χ1v) is 9.00. The van der Waals surface area contributed by atoms with E-state index < -0.39 is 70.4 Å². The van der Waals surface area contributed by atoms with Gasteiger partial charge in [0.1, 0.15) is 22.8 Å². The van der Waals surface area contributed by atoms with E-state index in [-0.39, 0.29) is 16.9 Å². The number of fused-ring (bicyclic) bond motifs is 3. The van der Waals surface area contributed by atoms with Crippen LogP contribution in [0.2, 0.25) is 0 Å². The monoisotopic (exact) mass is 401 g/mol. The third-order valence-electron chi connectivity index (χ3n) is 6.37. The first-order valence-electron chi connectivity index (χ1n) is 9.00. The summed E-state index contributed by atoms with van der Waals surface area (Å²) in [6.45, 7) is 1.67. The van der Waals surface area contributed by atoms with Crippen molar-refractivity contribution < 1.29 is 39.9 Å². The highest BCUT2D eigenvalue weighted by molar-refractivity contribution is 6.22. The summed E-state index contributed by atoms with van der Waals surface area (Å²) in [6, 6.07) is 4.49. The number of benzene rings is 1. The summed E-state index contributed by atoms with van der Waals surface area (Å²) in [5.74, 6) is -8.54. The Balaban J connectivity index is 2.02. The molecule has 1 saturated carbocycles. The predicted octanol–water partition coefficient (Wildman–Crippen LogP) is -0.0443. The van der Waals surface area contributed by atoms with Crippen molar-refractivity contribution in [2.24, 2.45) is 17.6 Å². The predicted molar refractivity (Wildman–Crippen MR) is 97.5 cm³/mol. The largest absolute Gasteiger partial charge is 0.508 e. The number of Topliss-reactive ketones (excluding diaryl/α,β-unsaturated/α-hetero) is 2. The average molecular weight is 401 g/mol. The highest BCUT2D eigenvalue weighted by atomic mass is 16.4. The first-order chi connectivity index (χ1) is 13.5. The second kappa shape index (κ2) is 5.91. The number of carbonyl (C=O) groups excluding carboxylic acids is 3. The van der Waals surface area contributed by atoms with Crippen molar-refractivity contribution >= 4 is 23.2 Å². The van der Waals surface area contributed by atoms with E-state index in [1.807, 2.05) is 0 Å². The average Bonchev–Trinajstić information content (AvgIpc) is 2.65. The lowest BCUT2D eigenvalue weighted by Crippen LogP contribution is -2.63. The zero-order valence-corrected chi connectivity index (χ0v) is 15.3. The Morgan fingerprint density at radius 3 is 2.48 bits per heavy atom. The molecule has 7 N–H and O–H groups in total. The van der Waals surface area contributed by atoms with Crippen molar-refractivity contribution in [3.05, 3.63) is 46.2 Å². The fraction of sp³-hybridized carbons (Fsp3) is 0.350. The van der Waals surface area contributed by atoms with Crippen LogP contribution in [-0.2, 0) is 14.4 Å². The van der Waals surface area contributed by atoms with Crippen molar-refractivity contribution in [3.63, 3.8) is 0 Å². The maximum absolute atomic E-state index is 13.3. The minimum absolute atomic E-state index is 0.0145. The quantitative estimate of drug-likeness (QED) is 0.355. The van der Waals surface area contributed by atoms with Gasteiger partial charge in [0.05, 0.1) is 11.7 Å². The molecule has 1 amide bonds. The number of phenolic OH excluding ortho intramolecular Hbond substituents is 1. The number of aliphatic hydroxyl groups excluding tert-OH is 3. The number of primary amides is 1. The lowest BCUT2D eigenvalue weighted by atomic mass is 9.55. The van der Waals surface area contributed by atoms with Gasteiger partial charge in [-0.3, -0.25) is 14.4 Å². The third kappa shape index (κ3) is 2.19. The molecule has 4 rings (SSSR count). The van der Waals surface area contributed by atoms with E-state index in [0.29, 0.717) is 5.56 Å². The number of hydrogen-bond acceptors (Lipinski definition) is 8. The van der Waals surface area contributed by atoms with Crippen LogP contribution < -0.4 is 5.73 Å². The van der Waals surface area contributed by atoms with Crippen LogP contribution in [0.3, 0.4) is 0 Å². The Morgan fingerprint density at radius 1 is 1.21 bits per heavy atom. The molecule has 1 fully saturated rings. The molecule has 0 heterocycles. The van der Waals surface area contributed by atoms with Crippen LogP contribution in [0.15, 0.2) is 35.1 Å². The molecular weight excluding hydrogens is 382 g/mol. The van der Waals surface area contributed by atoms with Gasteiger partial charge in [-0.1, -0.05) is 19.1 Å². The van der Waals surface area contributed by atoms with Crippen LogP contribution in [0, 0.1) is 11.8 Å². The summed E-state index contributed by atoms with van der Waals surface area (Å²) in [7, 11) is 0. The Bertz CT molecular complexity index is 1050. The number of nitrogens with two attached hydrogens (primary N) is 1. The van der Waals surface area contributed by atoms with Crippen LogP contribution in [0.5, 0.6) is 5.75 Å². The molecule has 0 aromatic heterocycles. The minimum atomic E-state index is -2.81. The molecule has 0 bridgehead atoms. The molecule has 5 atom stereocenters. The zero-order chi connectivity index (χ0) is 21.4.